The van der Waals surface area contributed by atoms with Gasteiger partial charge in [-0.1, -0.05) is 17.7 Å². The summed E-state index contributed by atoms with van der Waals surface area (Å²) in [5.41, 5.74) is 0.948. The molecule has 2 rings (SSSR count). The molecule has 0 fully saturated rings. The average Bonchev–Trinajstić information content (AvgIpc) is 2.32. The van der Waals surface area contributed by atoms with Gasteiger partial charge in [0, 0.05) is 16.9 Å². The van der Waals surface area contributed by atoms with Crippen LogP contribution in [-0.2, 0) is 10.1 Å². The predicted octanol–water partition coefficient (Wildman–Crippen LogP) is 1.24. The molecule has 6 heteroatoms. The average molecular weight is 268 g/mol. The highest BCUT2D eigenvalue weighted by Crippen LogP contribution is 2.09. The number of hydrogen-bond donors (Lipinski definition) is 0. The molecule has 1 heterocycles. The highest BCUT2D eigenvalue weighted by Gasteiger charge is 2.21. The van der Waals surface area contributed by atoms with Gasteiger partial charge in [-0.25, -0.2) is 4.39 Å². The van der Waals surface area contributed by atoms with Crippen molar-refractivity contribution in [3.05, 3.63) is 60.2 Å². The number of pyridine rings is 1. The van der Waals surface area contributed by atoms with Crippen molar-refractivity contribution >= 4 is 10.1 Å². The normalized spacial score (nSPS) is 11.2. The first kappa shape index (κ1) is 12.5. The second-order valence-corrected chi connectivity index (χ2v) is 5.25. The Kier molecular flexibility index (Phi) is 3.29. The van der Waals surface area contributed by atoms with Gasteiger partial charge in [0.25, 0.3) is 0 Å². The predicted molar refractivity (Wildman–Crippen MR) is 61.5 cm³/mol. The Bertz CT molecular complexity index is 636. The van der Waals surface area contributed by atoms with Crippen LogP contribution in [0.4, 0.5) is 4.39 Å². The van der Waals surface area contributed by atoms with Crippen molar-refractivity contribution in [3.63, 3.8) is 0 Å². The molecule has 4 nitrogen and oxygen atoms in total. The van der Waals surface area contributed by atoms with Crippen molar-refractivity contribution in [1.82, 2.24) is 0 Å². The highest BCUT2D eigenvalue weighted by atomic mass is 32.2. The maximum Gasteiger partial charge on any atom is 0.396 e. The second kappa shape index (κ2) is 4.73. The van der Waals surface area contributed by atoms with E-state index in [2.05, 4.69) is 0 Å². The van der Waals surface area contributed by atoms with Crippen LogP contribution >= 0.6 is 0 Å². The van der Waals surface area contributed by atoms with Crippen LogP contribution < -0.4 is 9.01 Å². The van der Waals surface area contributed by atoms with Crippen LogP contribution in [0.3, 0.4) is 0 Å². The lowest BCUT2D eigenvalue weighted by molar-refractivity contribution is -0.856. The summed E-state index contributed by atoms with van der Waals surface area (Å²) in [7, 11) is -3.90. The van der Waals surface area contributed by atoms with Crippen molar-refractivity contribution in [2.24, 2.45) is 0 Å². The van der Waals surface area contributed by atoms with E-state index in [1.165, 1.54) is 24.5 Å². The number of benzene rings is 1. The minimum atomic E-state index is -3.90. The molecule has 0 aliphatic rings. The standard InChI is InChI=1S/C12H11FNO3S/c1-10-2-4-12(5-3-10)18(15,16)17-14-8-6-11(13)7-9-14/h2-9H,1H3/q+1. The zero-order chi connectivity index (χ0) is 13.2. The number of aromatic nitrogens is 1. The van der Waals surface area contributed by atoms with Gasteiger partial charge < -0.3 is 0 Å². The summed E-state index contributed by atoms with van der Waals surface area (Å²) in [6, 6.07) is 8.45. The molecule has 0 N–H and O–H groups in total. The van der Waals surface area contributed by atoms with E-state index in [9.17, 15) is 12.8 Å². The van der Waals surface area contributed by atoms with Crippen molar-refractivity contribution in [2.45, 2.75) is 11.8 Å². The zero-order valence-corrected chi connectivity index (χ0v) is 10.4. The third kappa shape index (κ3) is 2.84. The van der Waals surface area contributed by atoms with E-state index in [1.54, 1.807) is 12.1 Å². The SMILES string of the molecule is Cc1ccc(S(=O)(=O)O[n+]2ccc(F)cc2)cc1. The number of rotatable bonds is 3. The van der Waals surface area contributed by atoms with E-state index in [0.29, 0.717) is 0 Å². The fourth-order valence-electron chi connectivity index (χ4n) is 1.31. The lowest BCUT2D eigenvalue weighted by Crippen LogP contribution is -2.45. The molecule has 2 aromatic rings. The fourth-order valence-corrected chi connectivity index (χ4v) is 2.19. The first-order valence-electron chi connectivity index (χ1n) is 5.16. The van der Waals surface area contributed by atoms with Crippen LogP contribution in [0.2, 0.25) is 0 Å². The zero-order valence-electron chi connectivity index (χ0n) is 9.58. The van der Waals surface area contributed by atoms with Gasteiger partial charge in [-0.15, -0.1) is 4.28 Å². The first-order valence-corrected chi connectivity index (χ1v) is 6.57. The molecule has 0 amide bonds. The van der Waals surface area contributed by atoms with Gasteiger partial charge >= 0.3 is 10.1 Å². The minimum absolute atomic E-state index is 0.0462. The third-order valence-electron chi connectivity index (χ3n) is 2.26. The van der Waals surface area contributed by atoms with Gasteiger partial charge in [0.05, 0.1) is 0 Å². The van der Waals surface area contributed by atoms with Crippen LogP contribution in [0.5, 0.6) is 0 Å². The lowest BCUT2D eigenvalue weighted by atomic mass is 10.2. The molecule has 18 heavy (non-hydrogen) atoms. The Morgan fingerprint density at radius 1 is 1.06 bits per heavy atom. The molecule has 0 radical (unpaired) electrons. The van der Waals surface area contributed by atoms with E-state index in [0.717, 1.165) is 22.4 Å². The van der Waals surface area contributed by atoms with Crippen molar-refractivity contribution in [1.29, 1.82) is 0 Å². The molecule has 0 saturated carbocycles. The molecule has 0 bridgehead atoms. The number of nitrogens with zero attached hydrogens (tertiary/aromatic N) is 1. The number of hydrogen-bond acceptors (Lipinski definition) is 3. The second-order valence-electron chi connectivity index (χ2n) is 3.72. The van der Waals surface area contributed by atoms with Crippen molar-refractivity contribution < 1.29 is 21.8 Å². The number of halogens is 1. The first-order chi connectivity index (χ1) is 8.47. The van der Waals surface area contributed by atoms with Crippen LogP contribution in [0.15, 0.2) is 53.7 Å². The fraction of sp³-hybridized carbons (Fsp3) is 0.0833. The minimum Gasteiger partial charge on any atom is -0.207 e. The van der Waals surface area contributed by atoms with E-state index < -0.39 is 15.9 Å². The van der Waals surface area contributed by atoms with E-state index in [4.69, 9.17) is 4.28 Å². The van der Waals surface area contributed by atoms with Gasteiger partial charge in [-0.05, 0) is 19.1 Å². The molecule has 0 aliphatic carbocycles. The topological polar surface area (TPSA) is 47.3 Å². The van der Waals surface area contributed by atoms with E-state index in [-0.39, 0.29) is 4.90 Å². The Hall–Kier alpha value is -1.95. The van der Waals surface area contributed by atoms with Crippen LogP contribution in [0.25, 0.3) is 0 Å². The maximum atomic E-state index is 12.7. The molecule has 0 unspecified atom stereocenters. The maximum absolute atomic E-state index is 12.7. The Balaban J connectivity index is 2.27. The molecule has 1 aromatic heterocycles. The van der Waals surface area contributed by atoms with Crippen molar-refractivity contribution in [3.8, 4) is 0 Å². The third-order valence-corrected chi connectivity index (χ3v) is 3.47. The smallest absolute Gasteiger partial charge is 0.207 e. The molecule has 0 atom stereocenters. The largest absolute Gasteiger partial charge is 0.396 e. The van der Waals surface area contributed by atoms with Crippen LogP contribution in [-0.4, -0.2) is 8.42 Å². The quantitative estimate of drug-likeness (QED) is 0.787. The summed E-state index contributed by atoms with van der Waals surface area (Å²) >= 11 is 0. The Morgan fingerprint density at radius 3 is 2.17 bits per heavy atom. The molecule has 0 saturated heterocycles. The number of aryl methyl sites for hydroxylation is 1. The monoisotopic (exact) mass is 268 g/mol. The molecule has 94 valence electrons. The molecule has 0 aliphatic heterocycles. The van der Waals surface area contributed by atoms with E-state index in [1.807, 2.05) is 6.92 Å². The van der Waals surface area contributed by atoms with Gasteiger partial charge in [-0.2, -0.15) is 8.42 Å². The molecule has 1 aromatic carbocycles. The van der Waals surface area contributed by atoms with Gasteiger partial charge in [0.15, 0.2) is 0 Å². The van der Waals surface area contributed by atoms with Gasteiger partial charge in [-0.3, -0.25) is 0 Å². The molecular weight excluding hydrogens is 257 g/mol. The van der Waals surface area contributed by atoms with Crippen LogP contribution in [0.1, 0.15) is 5.56 Å². The summed E-state index contributed by atoms with van der Waals surface area (Å²) in [5.74, 6) is -0.470. The summed E-state index contributed by atoms with van der Waals surface area (Å²) < 4.78 is 42.1. The van der Waals surface area contributed by atoms with Gasteiger partial charge in [0.2, 0.25) is 12.4 Å². The summed E-state index contributed by atoms with van der Waals surface area (Å²) in [4.78, 5) is 0.0462. The van der Waals surface area contributed by atoms with Gasteiger partial charge in [0.1, 0.15) is 10.7 Å². The molecular formula is C12H11FNO3S+. The summed E-state index contributed by atoms with van der Waals surface area (Å²) in [6.45, 7) is 1.85. The summed E-state index contributed by atoms with van der Waals surface area (Å²) in [5, 5.41) is 0. The lowest BCUT2D eigenvalue weighted by Gasteiger charge is -2.00. The van der Waals surface area contributed by atoms with Crippen LogP contribution in [0, 0.1) is 12.7 Å². The Morgan fingerprint density at radius 2 is 1.61 bits per heavy atom. The molecule has 0 spiro atoms. The Labute approximate surface area is 104 Å². The summed E-state index contributed by atoms with van der Waals surface area (Å²) in [6.07, 6.45) is 2.36. The van der Waals surface area contributed by atoms with E-state index >= 15 is 0 Å². The highest BCUT2D eigenvalue weighted by molar-refractivity contribution is 7.86. The van der Waals surface area contributed by atoms with Crippen molar-refractivity contribution in [2.75, 3.05) is 0 Å².